The maximum absolute atomic E-state index is 9.77. The Hall–Kier alpha value is -1.03. The van der Waals surface area contributed by atoms with Crippen LogP contribution >= 0.6 is 0 Å². The second-order valence-electron chi connectivity index (χ2n) is 3.01. The Kier molecular flexibility index (Phi) is 3.49. The zero-order chi connectivity index (χ0) is 8.04. The van der Waals surface area contributed by atoms with Gasteiger partial charge in [0.1, 0.15) is 6.29 Å². The third-order valence-electron chi connectivity index (χ3n) is 0.705. The maximum atomic E-state index is 9.77. The van der Waals surface area contributed by atoms with Gasteiger partial charge in [0.2, 0.25) is 0 Å². The third kappa shape index (κ3) is 6.97. The van der Waals surface area contributed by atoms with Crippen LogP contribution in [0.4, 0.5) is 0 Å². The third-order valence-corrected chi connectivity index (χ3v) is 0.705. The van der Waals surface area contributed by atoms with Gasteiger partial charge in [-0.05, 0) is 32.9 Å². The average molecular weight is 136 g/mol. The molecule has 0 atom stereocenters. The van der Waals surface area contributed by atoms with Crippen molar-refractivity contribution < 1.29 is 4.79 Å². The van der Waals surface area contributed by atoms with Gasteiger partial charge in [-0.3, -0.25) is 4.79 Å². The van der Waals surface area contributed by atoms with Gasteiger partial charge < -0.3 is 0 Å². The highest BCUT2D eigenvalue weighted by Crippen LogP contribution is 2.09. The van der Waals surface area contributed by atoms with Crippen molar-refractivity contribution in [1.29, 1.82) is 0 Å². The first-order chi connectivity index (χ1) is 4.56. The molecule has 0 spiro atoms. The molecule has 0 fully saturated rings. The largest absolute Gasteiger partial charge is 0.299 e. The summed E-state index contributed by atoms with van der Waals surface area (Å²) in [5, 5.41) is 0. The van der Waals surface area contributed by atoms with E-state index in [0.717, 1.165) is 6.29 Å². The van der Waals surface area contributed by atoms with Crippen molar-refractivity contribution in [2.24, 2.45) is 5.41 Å². The van der Waals surface area contributed by atoms with Gasteiger partial charge in [-0.15, -0.1) is 0 Å². The first-order valence-corrected chi connectivity index (χ1v) is 3.19. The molecule has 0 N–H and O–H groups in total. The van der Waals surface area contributed by atoms with Gasteiger partial charge in [0, 0.05) is 5.41 Å². The smallest absolute Gasteiger partial charge is 0.143 e. The fraction of sp³-hybridized carbons (Fsp3) is 0.444. The van der Waals surface area contributed by atoms with Crippen molar-refractivity contribution in [3.63, 3.8) is 0 Å². The Labute approximate surface area is 62.1 Å². The predicted molar refractivity (Wildman–Crippen MR) is 42.4 cm³/mol. The zero-order valence-electron chi connectivity index (χ0n) is 6.64. The number of carbonyl (C=O) groups is 1. The standard InChI is InChI=1S/C9H12O/c1-9(2,3)7-5-4-6-8-10/h4,6,8H,1-3H3/b6-4-. The Morgan fingerprint density at radius 2 is 1.90 bits per heavy atom. The minimum atomic E-state index is 0.0211. The molecule has 0 radical (unpaired) electrons. The Balaban J connectivity index is 3.93. The van der Waals surface area contributed by atoms with Crippen LogP contribution in [0.15, 0.2) is 12.2 Å². The van der Waals surface area contributed by atoms with Gasteiger partial charge >= 0.3 is 0 Å². The number of hydrogen-bond acceptors (Lipinski definition) is 1. The van der Waals surface area contributed by atoms with Gasteiger partial charge in [-0.2, -0.15) is 0 Å². The van der Waals surface area contributed by atoms with Gasteiger partial charge in [-0.25, -0.2) is 0 Å². The molecule has 0 rings (SSSR count). The molecule has 0 unspecified atom stereocenters. The van der Waals surface area contributed by atoms with Crippen LogP contribution in [0.5, 0.6) is 0 Å². The van der Waals surface area contributed by atoms with Crippen LogP contribution in [-0.4, -0.2) is 6.29 Å². The lowest BCUT2D eigenvalue weighted by molar-refractivity contribution is -0.104. The zero-order valence-corrected chi connectivity index (χ0v) is 6.64. The summed E-state index contributed by atoms with van der Waals surface area (Å²) in [6, 6.07) is 0. The van der Waals surface area contributed by atoms with Crippen LogP contribution in [0, 0.1) is 17.3 Å². The van der Waals surface area contributed by atoms with E-state index in [0.29, 0.717) is 0 Å². The molecule has 0 amide bonds. The van der Waals surface area contributed by atoms with Crippen molar-refractivity contribution >= 4 is 6.29 Å². The summed E-state index contributed by atoms with van der Waals surface area (Å²) in [6.07, 6.45) is 3.66. The van der Waals surface area contributed by atoms with Gasteiger partial charge in [0.25, 0.3) is 0 Å². The topological polar surface area (TPSA) is 17.1 Å². The Morgan fingerprint density at radius 3 is 2.30 bits per heavy atom. The summed E-state index contributed by atoms with van der Waals surface area (Å²) >= 11 is 0. The van der Waals surface area contributed by atoms with E-state index >= 15 is 0 Å². The molecule has 10 heavy (non-hydrogen) atoms. The summed E-state index contributed by atoms with van der Waals surface area (Å²) in [7, 11) is 0. The molecule has 0 aliphatic heterocycles. The summed E-state index contributed by atoms with van der Waals surface area (Å²) in [6.45, 7) is 6.07. The molecule has 0 aliphatic carbocycles. The van der Waals surface area contributed by atoms with E-state index in [1.807, 2.05) is 20.8 Å². The minimum absolute atomic E-state index is 0.0211. The molecule has 0 saturated carbocycles. The predicted octanol–water partition coefficient (Wildman–Crippen LogP) is 1.79. The van der Waals surface area contributed by atoms with E-state index in [1.165, 1.54) is 6.08 Å². The van der Waals surface area contributed by atoms with Crippen LogP contribution in [0.1, 0.15) is 20.8 Å². The molecular weight excluding hydrogens is 124 g/mol. The first-order valence-electron chi connectivity index (χ1n) is 3.19. The van der Waals surface area contributed by atoms with Crippen LogP contribution in [0.25, 0.3) is 0 Å². The second-order valence-corrected chi connectivity index (χ2v) is 3.01. The van der Waals surface area contributed by atoms with E-state index in [-0.39, 0.29) is 5.41 Å². The average Bonchev–Trinajstić information content (AvgIpc) is 1.78. The van der Waals surface area contributed by atoms with Crippen LogP contribution < -0.4 is 0 Å². The lowest BCUT2D eigenvalue weighted by Gasteiger charge is -2.05. The number of rotatable bonds is 1. The molecule has 0 aromatic heterocycles. The van der Waals surface area contributed by atoms with Gasteiger partial charge in [-0.1, -0.05) is 11.8 Å². The summed E-state index contributed by atoms with van der Waals surface area (Å²) < 4.78 is 0. The molecule has 0 aromatic rings. The van der Waals surface area contributed by atoms with Crippen molar-refractivity contribution in [2.75, 3.05) is 0 Å². The molecule has 0 aliphatic rings. The highest BCUT2D eigenvalue weighted by Gasteiger charge is 2.01. The SMILES string of the molecule is CC(C)(C)C#C/C=C\C=O. The fourth-order valence-corrected chi connectivity index (χ4v) is 0.346. The quantitative estimate of drug-likeness (QED) is 0.305. The Morgan fingerprint density at radius 1 is 1.30 bits per heavy atom. The number of hydrogen-bond donors (Lipinski definition) is 0. The van der Waals surface area contributed by atoms with Crippen LogP contribution in [0.3, 0.4) is 0 Å². The molecular formula is C9H12O. The van der Waals surface area contributed by atoms with E-state index in [9.17, 15) is 4.79 Å². The summed E-state index contributed by atoms with van der Waals surface area (Å²) in [5.74, 6) is 5.73. The van der Waals surface area contributed by atoms with E-state index in [4.69, 9.17) is 0 Å². The number of aldehydes is 1. The summed E-state index contributed by atoms with van der Waals surface area (Å²) in [5.41, 5.74) is 0.0211. The lowest BCUT2D eigenvalue weighted by atomic mass is 9.98. The van der Waals surface area contributed by atoms with E-state index in [1.54, 1.807) is 6.08 Å². The van der Waals surface area contributed by atoms with Crippen molar-refractivity contribution in [3.8, 4) is 11.8 Å². The number of allylic oxidation sites excluding steroid dienone is 2. The molecule has 1 nitrogen and oxygen atoms in total. The van der Waals surface area contributed by atoms with Crippen molar-refractivity contribution in [2.45, 2.75) is 20.8 Å². The van der Waals surface area contributed by atoms with Crippen LogP contribution in [0.2, 0.25) is 0 Å². The van der Waals surface area contributed by atoms with E-state index in [2.05, 4.69) is 11.8 Å². The molecule has 0 bridgehead atoms. The lowest BCUT2D eigenvalue weighted by Crippen LogP contribution is -1.98. The van der Waals surface area contributed by atoms with Crippen LogP contribution in [-0.2, 0) is 4.79 Å². The fourth-order valence-electron chi connectivity index (χ4n) is 0.346. The first kappa shape index (κ1) is 8.97. The second kappa shape index (κ2) is 3.90. The molecule has 0 aromatic carbocycles. The number of carbonyl (C=O) groups excluding carboxylic acids is 1. The minimum Gasteiger partial charge on any atom is -0.299 e. The van der Waals surface area contributed by atoms with Crippen molar-refractivity contribution in [3.05, 3.63) is 12.2 Å². The van der Waals surface area contributed by atoms with Crippen molar-refractivity contribution in [1.82, 2.24) is 0 Å². The Bertz CT molecular complexity index is 183. The normalized spacial score (nSPS) is 10.7. The van der Waals surface area contributed by atoms with Gasteiger partial charge in [0.05, 0.1) is 0 Å². The monoisotopic (exact) mass is 136 g/mol. The maximum Gasteiger partial charge on any atom is 0.143 e. The molecule has 0 heterocycles. The highest BCUT2D eigenvalue weighted by atomic mass is 16.1. The summed E-state index contributed by atoms with van der Waals surface area (Å²) in [4.78, 5) is 9.77. The molecule has 0 saturated heterocycles. The van der Waals surface area contributed by atoms with E-state index < -0.39 is 0 Å². The molecule has 54 valence electrons. The highest BCUT2D eigenvalue weighted by molar-refractivity contribution is 5.65. The van der Waals surface area contributed by atoms with Gasteiger partial charge in [0.15, 0.2) is 0 Å². The molecule has 1 heteroatoms.